The van der Waals surface area contributed by atoms with E-state index in [1.54, 1.807) is 0 Å². The van der Waals surface area contributed by atoms with Crippen molar-refractivity contribution in [3.8, 4) is 0 Å². The lowest BCUT2D eigenvalue weighted by atomic mass is 9.90. The van der Waals surface area contributed by atoms with Crippen LogP contribution < -0.4 is 5.32 Å². The zero-order valence-electron chi connectivity index (χ0n) is 13.5. The summed E-state index contributed by atoms with van der Waals surface area (Å²) >= 11 is 0. The van der Waals surface area contributed by atoms with E-state index in [2.05, 4.69) is 63.7 Å². The largest absolute Gasteiger partial charge is 0.311 e. The molecule has 1 aliphatic heterocycles. The second-order valence-corrected chi connectivity index (χ2v) is 7.83. The number of hydrogen-bond acceptors (Lipinski definition) is 3. The molecule has 0 aromatic rings. The van der Waals surface area contributed by atoms with Crippen molar-refractivity contribution in [2.75, 3.05) is 39.8 Å². The van der Waals surface area contributed by atoms with Crippen LogP contribution in [0.1, 0.15) is 41.5 Å². The Balaban J connectivity index is 2.40. The first-order valence-electron chi connectivity index (χ1n) is 7.27. The molecule has 1 unspecified atom stereocenters. The number of likely N-dealkylation sites (N-methyl/N-ethyl adjacent to an activating group) is 1. The fourth-order valence-corrected chi connectivity index (χ4v) is 2.43. The van der Waals surface area contributed by atoms with Gasteiger partial charge in [0.1, 0.15) is 0 Å². The van der Waals surface area contributed by atoms with E-state index in [0.717, 1.165) is 6.54 Å². The Kier molecular flexibility index (Phi) is 5.22. The second kappa shape index (κ2) is 5.89. The highest BCUT2D eigenvalue weighted by atomic mass is 15.3. The first-order valence-corrected chi connectivity index (χ1v) is 7.27. The molecule has 0 aromatic heterocycles. The van der Waals surface area contributed by atoms with Gasteiger partial charge in [-0.2, -0.15) is 0 Å². The van der Waals surface area contributed by atoms with Crippen molar-refractivity contribution in [3.05, 3.63) is 0 Å². The number of nitrogens with zero attached hydrogens (tertiary/aromatic N) is 2. The van der Waals surface area contributed by atoms with Gasteiger partial charge in [0.25, 0.3) is 0 Å². The summed E-state index contributed by atoms with van der Waals surface area (Å²) in [5.74, 6) is 0. The van der Waals surface area contributed by atoms with Crippen LogP contribution in [-0.2, 0) is 0 Å². The predicted octanol–water partition coefficient (Wildman–Crippen LogP) is 2.04. The Morgan fingerprint density at radius 2 is 1.72 bits per heavy atom. The summed E-state index contributed by atoms with van der Waals surface area (Å²) in [7, 11) is 2.23. The number of nitrogens with one attached hydrogen (secondary N) is 1. The quantitative estimate of drug-likeness (QED) is 0.829. The van der Waals surface area contributed by atoms with Gasteiger partial charge in [0.2, 0.25) is 0 Å². The molecule has 1 aliphatic rings. The lowest BCUT2D eigenvalue weighted by Crippen LogP contribution is -2.54. The third kappa shape index (κ3) is 5.68. The minimum atomic E-state index is 0.215. The fourth-order valence-electron chi connectivity index (χ4n) is 2.43. The van der Waals surface area contributed by atoms with Gasteiger partial charge >= 0.3 is 0 Å². The van der Waals surface area contributed by atoms with Gasteiger partial charge in [-0.1, -0.05) is 13.8 Å². The van der Waals surface area contributed by atoms with Crippen molar-refractivity contribution < 1.29 is 0 Å². The second-order valence-electron chi connectivity index (χ2n) is 7.83. The van der Waals surface area contributed by atoms with Gasteiger partial charge in [0.15, 0.2) is 0 Å². The van der Waals surface area contributed by atoms with Crippen LogP contribution in [0.5, 0.6) is 0 Å². The van der Waals surface area contributed by atoms with Crippen LogP contribution >= 0.6 is 0 Å². The van der Waals surface area contributed by atoms with Crippen LogP contribution in [0.4, 0.5) is 0 Å². The van der Waals surface area contributed by atoms with E-state index in [0.29, 0.717) is 11.5 Å². The van der Waals surface area contributed by atoms with Crippen LogP contribution in [0, 0.1) is 5.41 Å². The lowest BCUT2D eigenvalue weighted by molar-refractivity contribution is 0.0727. The smallest absolute Gasteiger partial charge is 0.0192 e. The highest BCUT2D eigenvalue weighted by molar-refractivity contribution is 4.84. The highest BCUT2D eigenvalue weighted by Gasteiger charge is 2.27. The van der Waals surface area contributed by atoms with Crippen molar-refractivity contribution in [1.82, 2.24) is 15.1 Å². The SMILES string of the molecule is CC1CN(CC(C)(C)CNC(C)(C)C)CCN1C. The van der Waals surface area contributed by atoms with Crippen molar-refractivity contribution in [1.29, 1.82) is 0 Å². The van der Waals surface area contributed by atoms with Crippen LogP contribution in [0.15, 0.2) is 0 Å². The molecule has 0 aliphatic carbocycles. The molecule has 3 nitrogen and oxygen atoms in total. The van der Waals surface area contributed by atoms with Gasteiger partial charge in [-0.05, 0) is 40.2 Å². The van der Waals surface area contributed by atoms with E-state index in [1.807, 2.05) is 0 Å². The number of rotatable bonds is 4. The van der Waals surface area contributed by atoms with Gasteiger partial charge in [-0.25, -0.2) is 0 Å². The van der Waals surface area contributed by atoms with E-state index in [1.165, 1.54) is 26.2 Å². The number of hydrogen-bond donors (Lipinski definition) is 1. The zero-order chi connectivity index (χ0) is 14.0. The molecule has 108 valence electrons. The fraction of sp³-hybridized carbons (Fsp3) is 1.00. The van der Waals surface area contributed by atoms with Crippen LogP contribution in [0.25, 0.3) is 0 Å². The summed E-state index contributed by atoms with van der Waals surface area (Å²) in [6.45, 7) is 19.7. The van der Waals surface area contributed by atoms with Crippen LogP contribution in [0.3, 0.4) is 0 Å². The monoisotopic (exact) mass is 255 g/mol. The molecule has 18 heavy (non-hydrogen) atoms. The molecule has 1 heterocycles. The maximum Gasteiger partial charge on any atom is 0.0192 e. The molecule has 1 saturated heterocycles. The Labute approximate surface area is 114 Å². The van der Waals surface area contributed by atoms with Gasteiger partial charge in [-0.3, -0.25) is 4.90 Å². The summed E-state index contributed by atoms with van der Waals surface area (Å²) in [6.07, 6.45) is 0. The van der Waals surface area contributed by atoms with Crippen molar-refractivity contribution in [3.63, 3.8) is 0 Å². The van der Waals surface area contributed by atoms with Gasteiger partial charge in [0.05, 0.1) is 0 Å². The molecule has 1 atom stereocenters. The predicted molar refractivity (Wildman–Crippen MR) is 80.1 cm³/mol. The van der Waals surface area contributed by atoms with E-state index in [-0.39, 0.29) is 5.54 Å². The Morgan fingerprint density at radius 1 is 1.11 bits per heavy atom. The molecular weight excluding hydrogens is 222 g/mol. The normalized spacial score (nSPS) is 24.5. The van der Waals surface area contributed by atoms with E-state index >= 15 is 0 Å². The topological polar surface area (TPSA) is 18.5 Å². The van der Waals surface area contributed by atoms with E-state index < -0.39 is 0 Å². The van der Waals surface area contributed by atoms with Gasteiger partial charge in [0, 0.05) is 44.3 Å². The molecule has 1 fully saturated rings. The molecule has 0 bridgehead atoms. The van der Waals surface area contributed by atoms with Gasteiger partial charge < -0.3 is 10.2 Å². The van der Waals surface area contributed by atoms with Crippen molar-refractivity contribution >= 4 is 0 Å². The van der Waals surface area contributed by atoms with Crippen molar-refractivity contribution in [2.24, 2.45) is 5.41 Å². The van der Waals surface area contributed by atoms with Gasteiger partial charge in [-0.15, -0.1) is 0 Å². The summed E-state index contributed by atoms with van der Waals surface area (Å²) in [5.41, 5.74) is 0.551. The molecule has 0 spiro atoms. The molecule has 1 rings (SSSR count). The Hall–Kier alpha value is -0.120. The summed E-state index contributed by atoms with van der Waals surface area (Å²) in [5, 5.41) is 3.63. The molecule has 0 saturated carbocycles. The van der Waals surface area contributed by atoms with Crippen LogP contribution in [0.2, 0.25) is 0 Å². The summed E-state index contributed by atoms with van der Waals surface area (Å²) in [6, 6.07) is 0.685. The maximum atomic E-state index is 3.63. The molecule has 0 radical (unpaired) electrons. The highest BCUT2D eigenvalue weighted by Crippen LogP contribution is 2.19. The third-order valence-electron chi connectivity index (χ3n) is 3.79. The zero-order valence-corrected chi connectivity index (χ0v) is 13.5. The Morgan fingerprint density at radius 3 is 2.22 bits per heavy atom. The average Bonchev–Trinajstić information content (AvgIpc) is 2.20. The molecular formula is C15H33N3. The number of piperazine rings is 1. The first kappa shape index (κ1) is 15.9. The lowest BCUT2D eigenvalue weighted by Gasteiger charge is -2.42. The average molecular weight is 255 g/mol. The summed E-state index contributed by atoms with van der Waals surface area (Å²) in [4.78, 5) is 5.08. The molecule has 0 aromatic carbocycles. The van der Waals surface area contributed by atoms with Crippen molar-refractivity contribution in [2.45, 2.75) is 53.1 Å². The standard InChI is InChI=1S/C15H33N3/c1-13-10-18(9-8-17(13)7)12-15(5,6)11-16-14(2,3)4/h13,16H,8-12H2,1-7H3. The van der Waals surface area contributed by atoms with Crippen LogP contribution in [-0.4, -0.2) is 61.2 Å². The minimum Gasteiger partial charge on any atom is -0.311 e. The maximum absolute atomic E-state index is 3.63. The third-order valence-corrected chi connectivity index (χ3v) is 3.79. The molecule has 0 amide bonds. The minimum absolute atomic E-state index is 0.215. The van der Waals surface area contributed by atoms with E-state index in [4.69, 9.17) is 0 Å². The summed E-state index contributed by atoms with van der Waals surface area (Å²) < 4.78 is 0. The molecule has 1 N–H and O–H groups in total. The first-order chi connectivity index (χ1) is 8.09. The Bertz CT molecular complexity index is 255. The molecule has 3 heteroatoms. The van der Waals surface area contributed by atoms with E-state index in [9.17, 15) is 0 Å².